The van der Waals surface area contributed by atoms with E-state index < -0.39 is 12.0 Å². The molecular weight excluding hydrogens is 440 g/mol. The van der Waals surface area contributed by atoms with Crippen LogP contribution in [0.25, 0.3) is 0 Å². The number of fused-ring (bicyclic) bond motifs is 1. The predicted molar refractivity (Wildman–Crippen MR) is 114 cm³/mol. The molecule has 3 N–H and O–H groups in total. The van der Waals surface area contributed by atoms with Crippen molar-refractivity contribution < 1.29 is 19.4 Å². The molecule has 1 aliphatic rings. The zero-order valence-corrected chi connectivity index (χ0v) is 17.4. The average molecular weight is 459 g/mol. The molecule has 0 unspecified atom stereocenters. The van der Waals surface area contributed by atoms with Crippen molar-refractivity contribution in [2.24, 2.45) is 10.1 Å². The quantitative estimate of drug-likeness (QED) is 0.596. The number of amidine groups is 1. The van der Waals surface area contributed by atoms with E-state index in [1.807, 2.05) is 30.3 Å². The number of anilines is 1. The number of rotatable bonds is 5. The van der Waals surface area contributed by atoms with E-state index in [9.17, 15) is 14.7 Å². The number of methoxy groups -OCH3 is 1. The highest BCUT2D eigenvalue weighted by Gasteiger charge is 2.27. The molecule has 1 heterocycles. The Labute approximate surface area is 175 Å². The number of amides is 1. The number of carbonyl (C=O) groups excluding carboxylic acids is 1. The summed E-state index contributed by atoms with van der Waals surface area (Å²) < 4.78 is 6.26. The van der Waals surface area contributed by atoms with Crippen LogP contribution >= 0.6 is 15.9 Å². The number of ether oxygens (including phenoxy) is 1. The van der Waals surface area contributed by atoms with E-state index >= 15 is 0 Å². The van der Waals surface area contributed by atoms with Crippen LogP contribution in [0.3, 0.4) is 0 Å². The second-order valence-corrected chi connectivity index (χ2v) is 7.22. The molecule has 0 aliphatic carbocycles. The Morgan fingerprint density at radius 1 is 1.28 bits per heavy atom. The van der Waals surface area contributed by atoms with Crippen LogP contribution < -0.4 is 15.5 Å². The van der Waals surface area contributed by atoms with Crippen LogP contribution in [0.4, 0.5) is 5.69 Å². The predicted octanol–water partition coefficient (Wildman–Crippen LogP) is 3.01. The van der Waals surface area contributed by atoms with Gasteiger partial charge in [-0.2, -0.15) is 5.10 Å². The SMILES string of the molecule is COc1ccc2c(c1)C(c1ccc(Br)cc1)=N[C@@H](CC(=O)O)C(=NNC(C)=O)N2. The van der Waals surface area contributed by atoms with Gasteiger partial charge >= 0.3 is 5.97 Å². The maximum absolute atomic E-state index is 11.5. The number of hydrogen-bond donors (Lipinski definition) is 3. The molecule has 0 saturated heterocycles. The van der Waals surface area contributed by atoms with Crippen LogP contribution in [0.5, 0.6) is 5.75 Å². The molecule has 1 aliphatic heterocycles. The molecule has 9 heteroatoms. The highest BCUT2D eigenvalue weighted by molar-refractivity contribution is 9.10. The summed E-state index contributed by atoms with van der Waals surface area (Å²) in [6.45, 7) is 1.32. The van der Waals surface area contributed by atoms with Gasteiger partial charge in [-0.15, -0.1) is 0 Å². The lowest BCUT2D eigenvalue weighted by molar-refractivity contribution is -0.137. The number of carbonyl (C=O) groups is 2. The molecule has 0 aromatic heterocycles. The van der Waals surface area contributed by atoms with E-state index in [-0.39, 0.29) is 18.2 Å². The van der Waals surface area contributed by atoms with E-state index in [1.54, 1.807) is 19.2 Å². The lowest BCUT2D eigenvalue weighted by Crippen LogP contribution is -2.31. The minimum Gasteiger partial charge on any atom is -0.497 e. The van der Waals surface area contributed by atoms with Crippen molar-refractivity contribution in [1.82, 2.24) is 5.43 Å². The number of nitrogens with zero attached hydrogens (tertiary/aromatic N) is 2. The van der Waals surface area contributed by atoms with Crippen molar-refractivity contribution in [2.45, 2.75) is 19.4 Å². The maximum atomic E-state index is 11.5. The van der Waals surface area contributed by atoms with Gasteiger partial charge in [-0.25, -0.2) is 5.43 Å². The van der Waals surface area contributed by atoms with Crippen molar-refractivity contribution in [3.05, 3.63) is 58.1 Å². The highest BCUT2D eigenvalue weighted by atomic mass is 79.9. The van der Waals surface area contributed by atoms with Gasteiger partial charge in [0.1, 0.15) is 11.8 Å². The third-order valence-corrected chi connectivity index (χ3v) is 4.69. The van der Waals surface area contributed by atoms with Gasteiger partial charge < -0.3 is 15.2 Å². The van der Waals surface area contributed by atoms with E-state index in [2.05, 4.69) is 31.8 Å². The lowest BCUT2D eigenvalue weighted by Gasteiger charge is -2.14. The summed E-state index contributed by atoms with van der Waals surface area (Å²) in [5.41, 5.74) is 5.16. The first-order valence-corrected chi connectivity index (χ1v) is 9.52. The number of halogens is 1. The minimum atomic E-state index is -1.03. The van der Waals surface area contributed by atoms with Crippen LogP contribution in [0, 0.1) is 0 Å². The molecule has 8 nitrogen and oxygen atoms in total. The fourth-order valence-electron chi connectivity index (χ4n) is 2.85. The molecule has 0 radical (unpaired) electrons. The van der Waals surface area contributed by atoms with E-state index in [0.29, 0.717) is 17.1 Å². The van der Waals surface area contributed by atoms with Crippen LogP contribution in [-0.4, -0.2) is 41.7 Å². The normalized spacial score (nSPS) is 16.9. The average Bonchev–Trinajstić information content (AvgIpc) is 2.83. The smallest absolute Gasteiger partial charge is 0.306 e. The molecule has 2 aromatic carbocycles. The Morgan fingerprint density at radius 2 is 2.00 bits per heavy atom. The first-order valence-electron chi connectivity index (χ1n) is 8.72. The molecule has 0 bridgehead atoms. The molecule has 3 rings (SSSR count). The first kappa shape index (κ1) is 20.5. The number of nitrogens with one attached hydrogen (secondary N) is 2. The molecule has 29 heavy (non-hydrogen) atoms. The highest BCUT2D eigenvalue weighted by Crippen LogP contribution is 2.29. The number of benzodiazepines with no additional fused rings is 1. The van der Waals surface area contributed by atoms with E-state index in [0.717, 1.165) is 15.6 Å². The first-order chi connectivity index (χ1) is 13.9. The summed E-state index contributed by atoms with van der Waals surface area (Å²) in [6, 6.07) is 12.1. The van der Waals surface area contributed by atoms with Crippen LogP contribution in [0.1, 0.15) is 24.5 Å². The van der Waals surface area contributed by atoms with Gasteiger partial charge in [0.05, 0.1) is 19.2 Å². The number of aliphatic carboxylic acids is 1. The molecule has 150 valence electrons. The molecule has 0 saturated carbocycles. The summed E-state index contributed by atoms with van der Waals surface area (Å²) in [5.74, 6) is -0.534. The van der Waals surface area contributed by atoms with Crippen LogP contribution in [-0.2, 0) is 9.59 Å². The lowest BCUT2D eigenvalue weighted by atomic mass is 10.00. The van der Waals surface area contributed by atoms with Gasteiger partial charge in [-0.1, -0.05) is 28.1 Å². The number of hydrazone groups is 1. The summed E-state index contributed by atoms with van der Waals surface area (Å²) in [4.78, 5) is 27.5. The monoisotopic (exact) mass is 458 g/mol. The number of hydrogen-bond acceptors (Lipinski definition) is 5. The van der Waals surface area contributed by atoms with Crippen molar-refractivity contribution in [2.75, 3.05) is 12.4 Å². The van der Waals surface area contributed by atoms with E-state index in [1.165, 1.54) is 6.92 Å². The Kier molecular flexibility index (Phi) is 6.28. The molecule has 1 amide bonds. The topological polar surface area (TPSA) is 112 Å². The largest absolute Gasteiger partial charge is 0.497 e. The Bertz CT molecular complexity index is 1000. The van der Waals surface area contributed by atoms with Crippen molar-refractivity contribution in [3.8, 4) is 5.75 Å². The Balaban J connectivity index is 2.20. The third kappa shape index (κ3) is 5.00. The van der Waals surface area contributed by atoms with Gasteiger partial charge in [0.25, 0.3) is 0 Å². The molecule has 0 spiro atoms. The van der Waals surface area contributed by atoms with Crippen molar-refractivity contribution >= 4 is 45.0 Å². The number of carboxylic acids is 1. The number of aliphatic imine (C=N–C) groups is 1. The Morgan fingerprint density at radius 3 is 2.62 bits per heavy atom. The van der Waals surface area contributed by atoms with Crippen molar-refractivity contribution in [3.63, 3.8) is 0 Å². The third-order valence-electron chi connectivity index (χ3n) is 4.16. The number of carboxylic acid groups (broad SMARTS) is 1. The maximum Gasteiger partial charge on any atom is 0.306 e. The van der Waals surface area contributed by atoms with Crippen LogP contribution in [0.15, 0.2) is 57.0 Å². The van der Waals surface area contributed by atoms with Crippen molar-refractivity contribution in [1.29, 1.82) is 0 Å². The fraction of sp³-hybridized carbons (Fsp3) is 0.200. The zero-order chi connectivity index (χ0) is 21.0. The summed E-state index contributed by atoms with van der Waals surface area (Å²) in [5, 5.41) is 16.6. The van der Waals surface area contributed by atoms with Gasteiger partial charge in [0.2, 0.25) is 5.91 Å². The van der Waals surface area contributed by atoms with Gasteiger partial charge in [0, 0.05) is 28.2 Å². The second-order valence-electron chi connectivity index (χ2n) is 6.30. The van der Waals surface area contributed by atoms with Gasteiger partial charge in [-0.3, -0.25) is 14.6 Å². The second kappa shape index (κ2) is 8.87. The molecule has 0 fully saturated rings. The summed E-state index contributed by atoms with van der Waals surface area (Å²) >= 11 is 3.42. The molecular formula is C20H19BrN4O4. The molecule has 1 atom stereocenters. The fourth-order valence-corrected chi connectivity index (χ4v) is 3.11. The summed E-state index contributed by atoms with van der Waals surface area (Å²) in [6.07, 6.45) is -0.295. The zero-order valence-electron chi connectivity index (χ0n) is 15.8. The summed E-state index contributed by atoms with van der Waals surface area (Å²) in [7, 11) is 1.57. The Hall–Kier alpha value is -3.20. The minimum absolute atomic E-state index is 0.237. The number of benzene rings is 2. The van der Waals surface area contributed by atoms with Crippen LogP contribution in [0.2, 0.25) is 0 Å². The standard InChI is InChI=1S/C20H19BrN4O4/c1-11(26)24-25-20-17(10-18(27)28)22-19(12-3-5-13(21)6-4-12)15-9-14(29-2)7-8-16(15)23-20/h3-9,17H,10H2,1-2H3,(H,23,25)(H,24,26)(H,27,28)/t17-/m0/s1. The molecule has 2 aromatic rings. The van der Waals surface area contributed by atoms with E-state index in [4.69, 9.17) is 9.73 Å². The van der Waals surface area contributed by atoms with Gasteiger partial charge in [0.15, 0.2) is 5.84 Å². The van der Waals surface area contributed by atoms with Gasteiger partial charge in [-0.05, 0) is 30.3 Å².